The fraction of sp³-hybridized carbons (Fsp3) is 0.286. The van der Waals surface area contributed by atoms with Gasteiger partial charge in [0.2, 0.25) is 0 Å². The van der Waals surface area contributed by atoms with Gasteiger partial charge in [0.25, 0.3) is 0 Å². The third-order valence-electron chi connectivity index (χ3n) is 3.57. The van der Waals surface area contributed by atoms with E-state index in [-0.39, 0.29) is 5.82 Å². The number of hydrogen-bond acceptors (Lipinski definition) is 2. The first-order valence-corrected chi connectivity index (χ1v) is 6.69. The zero-order valence-corrected chi connectivity index (χ0v) is 11.1. The molecule has 0 unspecified atom stereocenters. The average Bonchev–Trinajstić information content (AvgIpc) is 2.74. The van der Waals surface area contributed by atoms with Crippen LogP contribution in [-0.4, -0.2) is 10.8 Å². The molecule has 0 aromatic heterocycles. The van der Waals surface area contributed by atoms with Gasteiger partial charge in [-0.15, -0.1) is 0 Å². The molecule has 1 saturated carbocycles. The molecule has 0 bridgehead atoms. The van der Waals surface area contributed by atoms with Crippen molar-refractivity contribution in [1.29, 1.82) is 0 Å². The van der Waals surface area contributed by atoms with E-state index >= 15 is 0 Å². The minimum absolute atomic E-state index is 0.265. The zero-order chi connectivity index (χ0) is 13.2. The zero-order valence-electron chi connectivity index (χ0n) is 10.3. The molecular formula is C14H14FN3S. The Morgan fingerprint density at radius 3 is 2.84 bits per heavy atom. The van der Waals surface area contributed by atoms with E-state index in [1.54, 1.807) is 12.1 Å². The minimum Gasteiger partial charge on any atom is -0.331 e. The molecule has 2 N–H and O–H groups in total. The number of thiocarbonyl (C=S) groups is 1. The van der Waals surface area contributed by atoms with Crippen LogP contribution >= 0.6 is 12.2 Å². The third-order valence-corrected chi connectivity index (χ3v) is 3.76. The van der Waals surface area contributed by atoms with Gasteiger partial charge >= 0.3 is 0 Å². The maximum Gasteiger partial charge on any atom is 0.191 e. The number of rotatable bonds is 2. The summed E-state index contributed by atoms with van der Waals surface area (Å²) in [6.07, 6.45) is 6.59. The van der Waals surface area contributed by atoms with Gasteiger partial charge in [0.15, 0.2) is 5.11 Å². The summed E-state index contributed by atoms with van der Waals surface area (Å²) in [6, 6.07) is 6.04. The quantitative estimate of drug-likeness (QED) is 0.495. The normalized spacial score (nSPS) is 25.8. The summed E-state index contributed by atoms with van der Waals surface area (Å²) in [5, 5.41) is 7.72. The monoisotopic (exact) mass is 275 g/mol. The van der Waals surface area contributed by atoms with Crippen molar-refractivity contribution in [2.24, 2.45) is 16.9 Å². The third kappa shape index (κ3) is 2.66. The van der Waals surface area contributed by atoms with Crippen LogP contribution < -0.4 is 10.7 Å². The molecule has 0 heterocycles. The number of hydrogen-bond donors (Lipinski definition) is 2. The fourth-order valence-electron chi connectivity index (χ4n) is 2.48. The standard InChI is InChI=1S/C14H14FN3S/c15-10-4-6-11(7-5-10)16-14(19)18-17-13-8-9-2-1-3-12(9)13/h1-2,4-7,9,12H,3,8H2,(H2,16,18,19)/b17-13-/t9-,12+/m1/s1. The molecule has 2 aliphatic carbocycles. The molecule has 3 rings (SSSR count). The van der Waals surface area contributed by atoms with Crippen LogP contribution in [0.3, 0.4) is 0 Å². The van der Waals surface area contributed by atoms with Crippen molar-refractivity contribution < 1.29 is 4.39 Å². The van der Waals surface area contributed by atoms with Crippen molar-refractivity contribution >= 4 is 28.7 Å². The summed E-state index contributed by atoms with van der Waals surface area (Å²) in [5.74, 6) is 0.985. The number of nitrogens with one attached hydrogen (secondary N) is 2. The van der Waals surface area contributed by atoms with E-state index < -0.39 is 0 Å². The summed E-state index contributed by atoms with van der Waals surface area (Å²) in [4.78, 5) is 0. The van der Waals surface area contributed by atoms with Crippen molar-refractivity contribution in [2.75, 3.05) is 5.32 Å². The van der Waals surface area contributed by atoms with Gasteiger partial charge in [0.05, 0.1) is 0 Å². The van der Waals surface area contributed by atoms with Crippen molar-refractivity contribution in [1.82, 2.24) is 5.43 Å². The Hall–Kier alpha value is -1.75. The van der Waals surface area contributed by atoms with Gasteiger partial charge in [-0.05, 0) is 55.2 Å². The van der Waals surface area contributed by atoms with Crippen LogP contribution in [0, 0.1) is 17.7 Å². The summed E-state index contributed by atoms with van der Waals surface area (Å²) in [7, 11) is 0. The second-order valence-electron chi connectivity index (χ2n) is 4.81. The number of fused-ring (bicyclic) bond motifs is 1. The highest BCUT2D eigenvalue weighted by Gasteiger charge is 2.37. The predicted molar refractivity (Wildman–Crippen MR) is 78.5 cm³/mol. The number of benzene rings is 1. The lowest BCUT2D eigenvalue weighted by atomic mass is 9.74. The number of halogens is 1. The highest BCUT2D eigenvalue weighted by atomic mass is 32.1. The van der Waals surface area contributed by atoms with Crippen LogP contribution in [0.5, 0.6) is 0 Å². The molecule has 1 fully saturated rings. The number of hydrazone groups is 1. The molecular weight excluding hydrogens is 261 g/mol. The Kier molecular flexibility index (Phi) is 3.29. The van der Waals surface area contributed by atoms with Gasteiger partial charge in [-0.3, -0.25) is 5.43 Å². The molecule has 1 aromatic carbocycles. The van der Waals surface area contributed by atoms with Crippen LogP contribution in [-0.2, 0) is 0 Å². The second-order valence-corrected chi connectivity index (χ2v) is 5.22. The van der Waals surface area contributed by atoms with Gasteiger partial charge < -0.3 is 5.32 Å². The number of nitrogens with zero attached hydrogens (tertiary/aromatic N) is 1. The van der Waals surface area contributed by atoms with E-state index in [0.717, 1.165) is 18.5 Å². The van der Waals surface area contributed by atoms with Crippen molar-refractivity contribution in [3.63, 3.8) is 0 Å². The van der Waals surface area contributed by atoms with Gasteiger partial charge in [0.1, 0.15) is 5.82 Å². The molecule has 0 saturated heterocycles. The minimum atomic E-state index is -0.265. The Labute approximate surface area is 116 Å². The number of anilines is 1. The summed E-state index contributed by atoms with van der Waals surface area (Å²) < 4.78 is 12.8. The molecule has 0 radical (unpaired) electrons. The van der Waals surface area contributed by atoms with Crippen LogP contribution in [0.1, 0.15) is 12.8 Å². The molecule has 19 heavy (non-hydrogen) atoms. The largest absolute Gasteiger partial charge is 0.331 e. The van der Waals surface area contributed by atoms with Gasteiger partial charge in [0, 0.05) is 17.3 Å². The smallest absolute Gasteiger partial charge is 0.191 e. The Morgan fingerprint density at radius 1 is 1.32 bits per heavy atom. The van der Waals surface area contributed by atoms with Crippen LogP contribution in [0.2, 0.25) is 0 Å². The first-order chi connectivity index (χ1) is 9.22. The fourth-order valence-corrected chi connectivity index (χ4v) is 2.64. The molecule has 1 aromatic rings. The molecule has 2 atom stereocenters. The lowest BCUT2D eigenvalue weighted by Gasteiger charge is -2.31. The van der Waals surface area contributed by atoms with E-state index in [4.69, 9.17) is 12.2 Å². The van der Waals surface area contributed by atoms with Crippen molar-refractivity contribution in [3.05, 3.63) is 42.2 Å². The highest BCUT2D eigenvalue weighted by molar-refractivity contribution is 7.80. The van der Waals surface area contributed by atoms with E-state index in [9.17, 15) is 4.39 Å². The van der Waals surface area contributed by atoms with Crippen molar-refractivity contribution in [2.45, 2.75) is 12.8 Å². The summed E-state index contributed by atoms with van der Waals surface area (Å²) >= 11 is 5.14. The van der Waals surface area contributed by atoms with E-state index in [1.807, 2.05) is 0 Å². The Balaban J connectivity index is 1.52. The molecule has 98 valence electrons. The van der Waals surface area contributed by atoms with E-state index in [2.05, 4.69) is 28.0 Å². The van der Waals surface area contributed by atoms with Crippen LogP contribution in [0.4, 0.5) is 10.1 Å². The maximum absolute atomic E-state index is 12.8. The molecule has 2 aliphatic rings. The number of allylic oxidation sites excluding steroid dienone is 2. The van der Waals surface area contributed by atoms with Gasteiger partial charge in [-0.1, -0.05) is 12.2 Å². The summed E-state index contributed by atoms with van der Waals surface area (Å²) in [6.45, 7) is 0. The highest BCUT2D eigenvalue weighted by Crippen LogP contribution is 2.39. The van der Waals surface area contributed by atoms with E-state index in [0.29, 0.717) is 16.9 Å². The molecule has 0 spiro atoms. The Morgan fingerprint density at radius 2 is 2.11 bits per heavy atom. The second kappa shape index (κ2) is 5.09. The molecule has 5 heteroatoms. The van der Waals surface area contributed by atoms with Crippen molar-refractivity contribution in [3.8, 4) is 0 Å². The molecule has 0 aliphatic heterocycles. The first kappa shape index (κ1) is 12.3. The van der Waals surface area contributed by atoms with E-state index in [1.165, 1.54) is 17.8 Å². The van der Waals surface area contributed by atoms with Crippen LogP contribution in [0.15, 0.2) is 41.5 Å². The first-order valence-electron chi connectivity index (χ1n) is 6.28. The molecule has 3 nitrogen and oxygen atoms in total. The lowest BCUT2D eigenvalue weighted by molar-refractivity contribution is 0.463. The topological polar surface area (TPSA) is 36.4 Å². The van der Waals surface area contributed by atoms with Crippen LogP contribution in [0.25, 0.3) is 0 Å². The predicted octanol–water partition coefficient (Wildman–Crippen LogP) is 3.06. The SMILES string of the molecule is Fc1ccc(NC(=S)N/N=C2/C[C@H]3C=CC[C@H]23)cc1. The maximum atomic E-state index is 12.8. The van der Waals surface area contributed by atoms with Gasteiger partial charge in [-0.25, -0.2) is 4.39 Å². The average molecular weight is 275 g/mol. The Bertz CT molecular complexity index is 550. The van der Waals surface area contributed by atoms with Gasteiger partial charge in [-0.2, -0.15) is 5.10 Å². The molecule has 0 amide bonds. The lowest BCUT2D eigenvalue weighted by Crippen LogP contribution is -2.36. The summed E-state index contributed by atoms with van der Waals surface area (Å²) in [5.41, 5.74) is 4.77.